The molecular weight excluding hydrogens is 324 g/mol. The van der Waals surface area contributed by atoms with Crippen molar-refractivity contribution in [3.8, 4) is 0 Å². The number of benzene rings is 3. The second kappa shape index (κ2) is 6.30. The van der Waals surface area contributed by atoms with Crippen LogP contribution in [-0.2, 0) is 10.3 Å². The third-order valence-corrected chi connectivity index (χ3v) is 4.85. The Morgan fingerprint density at radius 2 is 1.65 bits per heavy atom. The molecule has 2 N–H and O–H groups in total. The van der Waals surface area contributed by atoms with Crippen molar-refractivity contribution < 1.29 is 9.59 Å². The third-order valence-electron chi connectivity index (χ3n) is 4.85. The lowest BCUT2D eigenvalue weighted by molar-refractivity contribution is -0.114. The normalized spacial score (nSPS) is 14.7. The first kappa shape index (κ1) is 16.3. The van der Waals surface area contributed by atoms with Crippen LogP contribution in [0.25, 0.3) is 10.8 Å². The Labute approximate surface area is 152 Å². The molecule has 1 saturated carbocycles. The summed E-state index contributed by atoms with van der Waals surface area (Å²) in [5.74, 6) is -0.278. The number of nitrogens with one attached hydrogen (secondary N) is 2. The summed E-state index contributed by atoms with van der Waals surface area (Å²) < 4.78 is 0. The van der Waals surface area contributed by atoms with E-state index in [0.29, 0.717) is 11.3 Å². The van der Waals surface area contributed by atoms with Gasteiger partial charge in [0.2, 0.25) is 5.91 Å². The van der Waals surface area contributed by atoms with Crippen molar-refractivity contribution in [1.29, 1.82) is 0 Å². The van der Waals surface area contributed by atoms with Gasteiger partial charge in [0.25, 0.3) is 5.91 Å². The lowest BCUT2D eigenvalue weighted by atomic mass is 9.96. The SMILES string of the molecule is CC(=O)Nc1cccc(C(=O)NC2(c3cccc4ccccc34)CC2)c1. The van der Waals surface area contributed by atoms with Gasteiger partial charge in [-0.05, 0) is 47.4 Å². The number of amides is 2. The van der Waals surface area contributed by atoms with Gasteiger partial charge in [0.15, 0.2) is 0 Å². The first-order valence-electron chi connectivity index (χ1n) is 8.76. The van der Waals surface area contributed by atoms with E-state index in [1.54, 1.807) is 24.3 Å². The standard InChI is InChI=1S/C22H20N2O2/c1-15(25)23-18-9-4-8-17(14-18)21(26)24-22(12-13-22)20-11-5-7-16-6-2-3-10-19(16)20/h2-11,14H,12-13H2,1H3,(H,23,25)(H,24,26). The minimum atomic E-state index is -0.304. The van der Waals surface area contributed by atoms with Crippen LogP contribution >= 0.6 is 0 Å². The number of fused-ring (bicyclic) bond motifs is 1. The smallest absolute Gasteiger partial charge is 0.252 e. The van der Waals surface area contributed by atoms with Crippen LogP contribution in [-0.4, -0.2) is 11.8 Å². The summed E-state index contributed by atoms with van der Waals surface area (Å²) in [6.07, 6.45) is 1.86. The molecule has 0 bridgehead atoms. The lowest BCUT2D eigenvalue weighted by Gasteiger charge is -2.20. The fourth-order valence-corrected chi connectivity index (χ4v) is 3.46. The van der Waals surface area contributed by atoms with E-state index in [-0.39, 0.29) is 17.4 Å². The average Bonchev–Trinajstić information content (AvgIpc) is 3.41. The van der Waals surface area contributed by atoms with E-state index in [9.17, 15) is 9.59 Å². The summed E-state index contributed by atoms with van der Waals surface area (Å²) in [6, 6.07) is 21.5. The molecule has 2 amide bonds. The van der Waals surface area contributed by atoms with Crippen molar-refractivity contribution >= 4 is 28.3 Å². The molecule has 26 heavy (non-hydrogen) atoms. The van der Waals surface area contributed by atoms with E-state index in [2.05, 4.69) is 34.9 Å². The number of rotatable bonds is 4. The molecule has 3 aromatic carbocycles. The summed E-state index contributed by atoms with van der Waals surface area (Å²) in [4.78, 5) is 24.1. The van der Waals surface area contributed by atoms with Gasteiger partial charge in [-0.25, -0.2) is 0 Å². The summed E-state index contributed by atoms with van der Waals surface area (Å²) in [5.41, 5.74) is 2.03. The molecule has 1 aliphatic rings. The molecule has 0 atom stereocenters. The molecule has 4 nitrogen and oxygen atoms in total. The summed E-state index contributed by atoms with van der Waals surface area (Å²) in [5, 5.41) is 8.30. The van der Waals surface area contributed by atoms with E-state index in [1.807, 2.05) is 18.2 Å². The second-order valence-electron chi connectivity index (χ2n) is 6.82. The van der Waals surface area contributed by atoms with Gasteiger partial charge < -0.3 is 10.6 Å². The molecular formula is C22H20N2O2. The van der Waals surface area contributed by atoms with E-state index < -0.39 is 0 Å². The largest absolute Gasteiger partial charge is 0.342 e. The number of hydrogen-bond donors (Lipinski definition) is 2. The van der Waals surface area contributed by atoms with E-state index in [4.69, 9.17) is 0 Å². The van der Waals surface area contributed by atoms with Gasteiger partial charge in [0.05, 0.1) is 5.54 Å². The molecule has 0 spiro atoms. The molecule has 0 aromatic heterocycles. The van der Waals surface area contributed by atoms with E-state index >= 15 is 0 Å². The fraction of sp³-hybridized carbons (Fsp3) is 0.182. The van der Waals surface area contributed by atoms with Crippen molar-refractivity contribution in [3.63, 3.8) is 0 Å². The Morgan fingerprint density at radius 3 is 2.42 bits per heavy atom. The molecule has 0 unspecified atom stereocenters. The van der Waals surface area contributed by atoms with Gasteiger partial charge in [-0.3, -0.25) is 9.59 Å². The first-order chi connectivity index (χ1) is 12.6. The van der Waals surface area contributed by atoms with E-state index in [0.717, 1.165) is 12.8 Å². The Morgan fingerprint density at radius 1 is 0.923 bits per heavy atom. The maximum absolute atomic E-state index is 12.8. The molecule has 3 aromatic rings. The number of anilines is 1. The predicted octanol–water partition coefficient (Wildman–Crippen LogP) is 4.22. The highest BCUT2D eigenvalue weighted by molar-refractivity contribution is 5.98. The molecule has 1 aliphatic carbocycles. The fourth-order valence-electron chi connectivity index (χ4n) is 3.46. The van der Waals surface area contributed by atoms with Crippen LogP contribution in [0.15, 0.2) is 66.7 Å². The highest BCUT2D eigenvalue weighted by Crippen LogP contribution is 2.48. The minimum absolute atomic E-state index is 0.123. The summed E-state index contributed by atoms with van der Waals surface area (Å²) >= 11 is 0. The van der Waals surface area contributed by atoms with Gasteiger partial charge in [0.1, 0.15) is 0 Å². The zero-order valence-corrected chi connectivity index (χ0v) is 14.6. The van der Waals surface area contributed by atoms with Crippen molar-refractivity contribution in [2.24, 2.45) is 0 Å². The predicted molar refractivity (Wildman–Crippen MR) is 103 cm³/mol. The lowest BCUT2D eigenvalue weighted by Crippen LogP contribution is -2.35. The highest BCUT2D eigenvalue weighted by Gasteiger charge is 2.46. The third kappa shape index (κ3) is 3.06. The van der Waals surface area contributed by atoms with Crippen LogP contribution in [0.4, 0.5) is 5.69 Å². The average molecular weight is 344 g/mol. The Kier molecular flexibility index (Phi) is 3.96. The van der Waals surface area contributed by atoms with Gasteiger partial charge >= 0.3 is 0 Å². The molecule has 0 radical (unpaired) electrons. The van der Waals surface area contributed by atoms with Crippen LogP contribution in [0.5, 0.6) is 0 Å². The Hall–Kier alpha value is -3.14. The van der Waals surface area contributed by atoms with Gasteiger partial charge in [-0.15, -0.1) is 0 Å². The highest BCUT2D eigenvalue weighted by atomic mass is 16.2. The quantitative estimate of drug-likeness (QED) is 0.744. The number of hydrogen-bond acceptors (Lipinski definition) is 2. The van der Waals surface area contributed by atoms with Gasteiger partial charge in [-0.1, -0.05) is 48.5 Å². The van der Waals surface area contributed by atoms with Crippen LogP contribution in [0, 0.1) is 0 Å². The number of carbonyl (C=O) groups is 2. The van der Waals surface area contributed by atoms with Crippen LogP contribution in [0.2, 0.25) is 0 Å². The molecule has 0 aliphatic heterocycles. The minimum Gasteiger partial charge on any atom is -0.342 e. The maximum atomic E-state index is 12.8. The van der Waals surface area contributed by atoms with E-state index in [1.165, 1.54) is 23.3 Å². The molecule has 130 valence electrons. The Bertz CT molecular complexity index is 1000. The Balaban J connectivity index is 1.62. The monoisotopic (exact) mass is 344 g/mol. The van der Waals surface area contributed by atoms with Crippen LogP contribution in [0.3, 0.4) is 0 Å². The van der Waals surface area contributed by atoms with Crippen molar-refractivity contribution in [3.05, 3.63) is 77.9 Å². The topological polar surface area (TPSA) is 58.2 Å². The molecule has 0 heterocycles. The summed E-state index contributed by atoms with van der Waals surface area (Å²) in [7, 11) is 0. The van der Waals surface area contributed by atoms with Gasteiger partial charge in [0, 0.05) is 18.2 Å². The van der Waals surface area contributed by atoms with Crippen LogP contribution < -0.4 is 10.6 Å². The summed E-state index contributed by atoms with van der Waals surface area (Å²) in [6.45, 7) is 1.45. The number of carbonyl (C=O) groups excluding carboxylic acids is 2. The second-order valence-corrected chi connectivity index (χ2v) is 6.82. The zero-order chi connectivity index (χ0) is 18.1. The first-order valence-corrected chi connectivity index (χ1v) is 8.76. The molecule has 0 saturated heterocycles. The molecule has 4 heteroatoms. The maximum Gasteiger partial charge on any atom is 0.252 e. The zero-order valence-electron chi connectivity index (χ0n) is 14.6. The van der Waals surface area contributed by atoms with Crippen molar-refractivity contribution in [2.75, 3.05) is 5.32 Å². The molecule has 4 rings (SSSR count). The van der Waals surface area contributed by atoms with Crippen molar-refractivity contribution in [1.82, 2.24) is 5.32 Å². The van der Waals surface area contributed by atoms with Crippen molar-refractivity contribution in [2.45, 2.75) is 25.3 Å². The van der Waals surface area contributed by atoms with Crippen LogP contribution in [0.1, 0.15) is 35.7 Å². The van der Waals surface area contributed by atoms with Gasteiger partial charge in [-0.2, -0.15) is 0 Å². The molecule has 1 fully saturated rings.